The van der Waals surface area contributed by atoms with Crippen molar-refractivity contribution in [3.05, 3.63) is 60.8 Å². The van der Waals surface area contributed by atoms with Gasteiger partial charge in [0.1, 0.15) is 12.7 Å². The summed E-state index contributed by atoms with van der Waals surface area (Å²) in [4.78, 5) is 48.6. The summed E-state index contributed by atoms with van der Waals surface area (Å²) >= 11 is 0. The summed E-state index contributed by atoms with van der Waals surface area (Å²) in [6, 6.07) is 0. The molecule has 0 radical (unpaired) electrons. The molecule has 0 spiro atoms. The Balaban J connectivity index is 4.75. The first-order valence-electron chi connectivity index (χ1n) is 30.2. The number of allylic oxidation sites excluding steroid dienone is 10. The van der Waals surface area contributed by atoms with E-state index in [0.717, 1.165) is 70.6 Å². The second-order valence-electron chi connectivity index (χ2n) is 20.1. The Labute approximate surface area is 453 Å². The van der Waals surface area contributed by atoms with Crippen LogP contribution in [0.15, 0.2) is 60.8 Å². The zero-order chi connectivity index (χ0) is 54.1. The van der Waals surface area contributed by atoms with Gasteiger partial charge in [0.2, 0.25) is 0 Å². The molecule has 0 heterocycles. The van der Waals surface area contributed by atoms with Gasteiger partial charge in [-0.3, -0.25) is 23.4 Å². The lowest BCUT2D eigenvalue weighted by molar-refractivity contribution is -0.161. The fraction of sp³-hybridized carbons (Fsp3) is 0.790. The lowest BCUT2D eigenvalue weighted by Crippen LogP contribution is -2.30. The molecule has 74 heavy (non-hydrogen) atoms. The number of carbonyl (C=O) groups excluding carboxylic acids is 3. The molecule has 3 atom stereocenters. The summed E-state index contributed by atoms with van der Waals surface area (Å²) in [7, 11) is -4.76. The van der Waals surface area contributed by atoms with Gasteiger partial charge >= 0.3 is 25.7 Å². The summed E-state index contributed by atoms with van der Waals surface area (Å²) in [6.07, 6.45) is 61.8. The molecular weight excluding hydrogens is 952 g/mol. The molecule has 0 amide bonds. The Hall–Kier alpha value is -2.82. The van der Waals surface area contributed by atoms with Crippen molar-refractivity contribution in [2.75, 3.05) is 26.4 Å². The number of aliphatic hydroxyl groups excluding tert-OH is 1. The average Bonchev–Trinajstić information content (AvgIpc) is 3.39. The van der Waals surface area contributed by atoms with E-state index in [-0.39, 0.29) is 25.9 Å². The second kappa shape index (κ2) is 56.4. The van der Waals surface area contributed by atoms with Gasteiger partial charge < -0.3 is 24.2 Å². The number of esters is 3. The first kappa shape index (κ1) is 71.2. The van der Waals surface area contributed by atoms with Crippen LogP contribution in [0.1, 0.15) is 278 Å². The third-order valence-corrected chi connectivity index (χ3v) is 13.9. The Morgan fingerprint density at radius 1 is 0.392 bits per heavy atom. The zero-order valence-corrected chi connectivity index (χ0v) is 48.5. The third-order valence-electron chi connectivity index (χ3n) is 13.0. The first-order valence-corrected chi connectivity index (χ1v) is 31.7. The molecule has 2 N–H and O–H groups in total. The second-order valence-corrected chi connectivity index (χ2v) is 21.6. The van der Waals surface area contributed by atoms with Crippen molar-refractivity contribution >= 4 is 25.7 Å². The number of unbranched alkanes of at least 4 members (excludes halogenated alkanes) is 29. The standard InChI is InChI=1S/C62H111O11P/c1-4-7-10-13-16-19-22-25-28-29-32-33-36-39-42-45-48-51-60(64)69-55-59(73-62(66)53-50-47-44-41-38-35-31-27-24-21-18-15-12-9-6-3)57-71-74(67,68)70-56-58(54-63)72-61(65)52-49-46-43-40-37-34-30-26-23-20-17-14-11-8-5-2/h7,10,16,19,25,28,32-33,39,42,58-59,63H,4-6,8-9,11-15,17-18,20-24,26-27,29-31,34-38,40-41,43-57H2,1-3H3,(H,67,68)/b10-7-,19-16-,28-25-,33-32-,42-39-. The van der Waals surface area contributed by atoms with Crippen molar-refractivity contribution in [1.82, 2.24) is 0 Å². The molecule has 3 unspecified atom stereocenters. The third kappa shape index (κ3) is 54.0. The number of rotatable bonds is 56. The van der Waals surface area contributed by atoms with Crippen molar-refractivity contribution in [2.45, 2.75) is 290 Å². The van der Waals surface area contributed by atoms with Gasteiger partial charge in [-0.15, -0.1) is 0 Å². The minimum absolute atomic E-state index is 0.150. The highest BCUT2D eigenvalue weighted by Gasteiger charge is 2.28. The van der Waals surface area contributed by atoms with Gasteiger partial charge in [0, 0.05) is 19.3 Å². The van der Waals surface area contributed by atoms with Crippen LogP contribution in [0.4, 0.5) is 0 Å². The van der Waals surface area contributed by atoms with Crippen molar-refractivity contribution in [2.24, 2.45) is 0 Å². The van der Waals surface area contributed by atoms with Crippen molar-refractivity contribution in [3.8, 4) is 0 Å². The van der Waals surface area contributed by atoms with E-state index in [2.05, 4.69) is 75.5 Å². The maximum absolute atomic E-state index is 12.9. The lowest BCUT2D eigenvalue weighted by Gasteiger charge is -2.21. The van der Waals surface area contributed by atoms with Gasteiger partial charge in [-0.25, -0.2) is 4.57 Å². The number of aliphatic hydroxyl groups is 1. The van der Waals surface area contributed by atoms with Gasteiger partial charge in [-0.1, -0.05) is 261 Å². The Morgan fingerprint density at radius 2 is 0.703 bits per heavy atom. The van der Waals surface area contributed by atoms with Crippen molar-refractivity contribution in [1.29, 1.82) is 0 Å². The van der Waals surface area contributed by atoms with Gasteiger partial charge in [0.05, 0.1) is 19.8 Å². The fourth-order valence-electron chi connectivity index (χ4n) is 8.39. The van der Waals surface area contributed by atoms with Crippen LogP contribution in [-0.2, 0) is 42.2 Å². The monoisotopic (exact) mass is 1060 g/mol. The molecule has 0 aromatic heterocycles. The van der Waals surface area contributed by atoms with Crippen molar-refractivity contribution < 1.29 is 52.2 Å². The number of ether oxygens (including phenoxy) is 3. The highest BCUT2D eigenvalue weighted by molar-refractivity contribution is 7.47. The molecule has 0 saturated heterocycles. The van der Waals surface area contributed by atoms with Crippen LogP contribution < -0.4 is 0 Å². The van der Waals surface area contributed by atoms with Crippen LogP contribution in [-0.4, -0.2) is 66.5 Å². The molecule has 0 aliphatic rings. The van der Waals surface area contributed by atoms with E-state index >= 15 is 0 Å². The molecule has 12 heteroatoms. The first-order chi connectivity index (χ1) is 36.2. The van der Waals surface area contributed by atoms with E-state index in [1.54, 1.807) is 0 Å². The van der Waals surface area contributed by atoms with E-state index in [0.29, 0.717) is 25.7 Å². The molecule has 430 valence electrons. The molecule has 0 bridgehead atoms. The summed E-state index contributed by atoms with van der Waals surface area (Å²) in [5, 5.41) is 9.83. The molecule has 0 aliphatic heterocycles. The topological polar surface area (TPSA) is 155 Å². The summed E-state index contributed by atoms with van der Waals surface area (Å²) in [6.45, 7) is 4.51. The quantitative estimate of drug-likeness (QED) is 0.0197. The molecule has 0 aromatic rings. The van der Waals surface area contributed by atoms with Crippen LogP contribution in [0, 0.1) is 0 Å². The Morgan fingerprint density at radius 3 is 1.07 bits per heavy atom. The Kier molecular flexibility index (Phi) is 54.2. The number of phosphoric acid groups is 1. The number of carbonyl (C=O) groups is 3. The van der Waals surface area contributed by atoms with Gasteiger partial charge in [0.15, 0.2) is 6.10 Å². The predicted octanol–water partition coefficient (Wildman–Crippen LogP) is 17.9. The maximum atomic E-state index is 12.9. The summed E-state index contributed by atoms with van der Waals surface area (Å²) in [5.74, 6) is -1.52. The van der Waals surface area contributed by atoms with Gasteiger partial charge in [-0.2, -0.15) is 0 Å². The number of hydrogen-bond donors (Lipinski definition) is 2. The lowest BCUT2D eigenvalue weighted by atomic mass is 10.0. The summed E-state index contributed by atoms with van der Waals surface area (Å²) in [5.41, 5.74) is 0. The van der Waals surface area contributed by atoms with Gasteiger partial charge in [0.25, 0.3) is 0 Å². The van der Waals surface area contributed by atoms with Gasteiger partial charge in [-0.05, 0) is 57.8 Å². The van der Waals surface area contributed by atoms with Crippen LogP contribution in [0.25, 0.3) is 0 Å². The number of phosphoric ester groups is 1. The van der Waals surface area contributed by atoms with Crippen molar-refractivity contribution in [3.63, 3.8) is 0 Å². The Bertz CT molecular complexity index is 1470. The van der Waals surface area contributed by atoms with Crippen LogP contribution in [0.3, 0.4) is 0 Å². The van der Waals surface area contributed by atoms with Crippen LogP contribution in [0.2, 0.25) is 0 Å². The molecule has 11 nitrogen and oxygen atoms in total. The number of hydrogen-bond acceptors (Lipinski definition) is 10. The maximum Gasteiger partial charge on any atom is 0.472 e. The smallest absolute Gasteiger partial charge is 0.462 e. The molecule has 0 aliphatic carbocycles. The normalized spacial score (nSPS) is 13.7. The van der Waals surface area contributed by atoms with Crippen LogP contribution >= 0.6 is 7.82 Å². The van der Waals surface area contributed by atoms with E-state index in [4.69, 9.17) is 23.3 Å². The molecule has 0 saturated carbocycles. The minimum atomic E-state index is -4.76. The molecule has 0 aromatic carbocycles. The zero-order valence-electron chi connectivity index (χ0n) is 47.6. The highest BCUT2D eigenvalue weighted by atomic mass is 31.2. The average molecular weight is 1060 g/mol. The van der Waals surface area contributed by atoms with Crippen LogP contribution in [0.5, 0.6) is 0 Å². The van der Waals surface area contributed by atoms with E-state index < -0.39 is 57.8 Å². The highest BCUT2D eigenvalue weighted by Crippen LogP contribution is 2.43. The molecule has 0 fully saturated rings. The molecular formula is C62H111O11P. The molecule has 0 rings (SSSR count). The largest absolute Gasteiger partial charge is 0.472 e. The summed E-state index contributed by atoms with van der Waals surface area (Å²) < 4.78 is 39.5. The predicted molar refractivity (Wildman–Crippen MR) is 307 cm³/mol. The fourth-order valence-corrected chi connectivity index (χ4v) is 9.18. The van der Waals surface area contributed by atoms with E-state index in [1.165, 1.54) is 141 Å². The minimum Gasteiger partial charge on any atom is -0.462 e. The SMILES string of the molecule is CC/C=C\C/C=C\C/C=C\C/C=C\C/C=C\CCCC(=O)OCC(COP(=O)(O)OCC(CO)OC(=O)CCCCCCCCCCCCCCCCC)OC(=O)CCCCCCCCCCCCCCCCC. The van der Waals surface area contributed by atoms with E-state index in [9.17, 15) is 28.9 Å². The van der Waals surface area contributed by atoms with E-state index in [1.807, 2.05) is 6.08 Å².